The number of aliphatic hydroxyl groups excluding tert-OH is 1. The largest absolute Gasteiger partial charge is 0.396 e. The fourth-order valence-electron chi connectivity index (χ4n) is 1.32. The first-order valence-corrected chi connectivity index (χ1v) is 4.69. The van der Waals surface area contributed by atoms with Crippen LogP contribution < -0.4 is 5.32 Å². The molecule has 14 heavy (non-hydrogen) atoms. The minimum atomic E-state index is 0.202. The van der Waals surface area contributed by atoms with E-state index in [4.69, 9.17) is 5.11 Å². The number of anilines is 1. The predicted octanol–water partition coefficient (Wildman–Crippen LogP) is 1.36. The number of H-pyrrole nitrogens is 1. The van der Waals surface area contributed by atoms with Crippen LogP contribution in [0.15, 0.2) is 24.3 Å². The Morgan fingerprint density at radius 2 is 2.21 bits per heavy atom. The molecule has 2 rings (SSSR count). The van der Waals surface area contributed by atoms with Gasteiger partial charge in [0.25, 0.3) is 0 Å². The highest BCUT2D eigenvalue weighted by Gasteiger charge is 1.99. The molecule has 0 atom stereocenters. The molecule has 0 fully saturated rings. The number of para-hydroxylation sites is 2. The van der Waals surface area contributed by atoms with Crippen LogP contribution in [-0.2, 0) is 0 Å². The molecule has 1 aromatic heterocycles. The molecule has 0 aliphatic carbocycles. The lowest BCUT2D eigenvalue weighted by Gasteiger charge is -1.98. The number of imidazole rings is 1. The summed E-state index contributed by atoms with van der Waals surface area (Å²) in [5, 5.41) is 11.7. The first kappa shape index (κ1) is 9.02. The van der Waals surface area contributed by atoms with E-state index in [0.29, 0.717) is 0 Å². The Hall–Kier alpha value is -1.55. The van der Waals surface area contributed by atoms with E-state index in [1.807, 2.05) is 24.3 Å². The maximum Gasteiger partial charge on any atom is 0.201 e. The molecule has 4 heteroatoms. The molecule has 0 spiro atoms. The Labute approximate surface area is 82.0 Å². The van der Waals surface area contributed by atoms with E-state index in [9.17, 15) is 0 Å². The van der Waals surface area contributed by atoms with Gasteiger partial charge in [0, 0.05) is 13.2 Å². The smallest absolute Gasteiger partial charge is 0.201 e. The van der Waals surface area contributed by atoms with Crippen molar-refractivity contribution in [2.45, 2.75) is 6.42 Å². The summed E-state index contributed by atoms with van der Waals surface area (Å²) in [6.45, 7) is 0.934. The van der Waals surface area contributed by atoms with Crippen molar-refractivity contribution in [1.82, 2.24) is 9.97 Å². The standard InChI is InChI=1S/C10H13N3O/c14-7-3-6-11-10-12-8-4-1-2-5-9(8)13-10/h1-2,4-5,14H,3,6-7H2,(H2,11,12,13). The lowest BCUT2D eigenvalue weighted by molar-refractivity contribution is 0.292. The third-order valence-corrected chi connectivity index (χ3v) is 2.02. The minimum Gasteiger partial charge on any atom is -0.396 e. The SMILES string of the molecule is OCCCNc1nc2ccccc2[nH]1. The van der Waals surface area contributed by atoms with E-state index < -0.39 is 0 Å². The second-order valence-electron chi connectivity index (χ2n) is 3.11. The van der Waals surface area contributed by atoms with Crippen LogP contribution in [0.3, 0.4) is 0 Å². The predicted molar refractivity (Wildman–Crippen MR) is 56.3 cm³/mol. The molecule has 0 amide bonds. The Balaban J connectivity index is 2.11. The Kier molecular flexibility index (Phi) is 2.65. The maximum atomic E-state index is 8.61. The van der Waals surface area contributed by atoms with Gasteiger partial charge in [-0.3, -0.25) is 0 Å². The second-order valence-corrected chi connectivity index (χ2v) is 3.11. The summed E-state index contributed by atoms with van der Waals surface area (Å²) in [4.78, 5) is 7.49. The number of benzene rings is 1. The van der Waals surface area contributed by atoms with Crippen molar-refractivity contribution < 1.29 is 5.11 Å². The number of hydrogen-bond acceptors (Lipinski definition) is 3. The monoisotopic (exact) mass is 191 g/mol. The van der Waals surface area contributed by atoms with E-state index >= 15 is 0 Å². The number of aromatic nitrogens is 2. The summed E-state index contributed by atoms with van der Waals surface area (Å²) < 4.78 is 0. The number of hydrogen-bond donors (Lipinski definition) is 3. The molecular formula is C10H13N3O. The maximum absolute atomic E-state index is 8.61. The Morgan fingerprint density at radius 3 is 3.00 bits per heavy atom. The lowest BCUT2D eigenvalue weighted by Crippen LogP contribution is -2.04. The van der Waals surface area contributed by atoms with Gasteiger partial charge in [-0.15, -0.1) is 0 Å². The molecule has 0 saturated heterocycles. The number of fused-ring (bicyclic) bond motifs is 1. The van der Waals surface area contributed by atoms with Gasteiger partial charge in [0.1, 0.15) is 0 Å². The van der Waals surface area contributed by atoms with E-state index in [2.05, 4.69) is 15.3 Å². The van der Waals surface area contributed by atoms with Crippen LogP contribution >= 0.6 is 0 Å². The van der Waals surface area contributed by atoms with Crippen molar-refractivity contribution in [2.75, 3.05) is 18.5 Å². The third-order valence-electron chi connectivity index (χ3n) is 2.02. The van der Waals surface area contributed by atoms with Crippen LogP contribution in [0.25, 0.3) is 11.0 Å². The van der Waals surface area contributed by atoms with Gasteiger partial charge >= 0.3 is 0 Å². The average molecular weight is 191 g/mol. The Bertz CT molecular complexity index is 377. The van der Waals surface area contributed by atoms with Crippen LogP contribution in [-0.4, -0.2) is 28.2 Å². The molecule has 0 unspecified atom stereocenters. The van der Waals surface area contributed by atoms with Crippen molar-refractivity contribution >= 4 is 17.0 Å². The van der Waals surface area contributed by atoms with E-state index in [0.717, 1.165) is 29.9 Å². The van der Waals surface area contributed by atoms with Crippen molar-refractivity contribution in [1.29, 1.82) is 0 Å². The van der Waals surface area contributed by atoms with Crippen LogP contribution in [0, 0.1) is 0 Å². The van der Waals surface area contributed by atoms with Crippen LogP contribution in [0.5, 0.6) is 0 Å². The van der Waals surface area contributed by atoms with Gasteiger partial charge < -0.3 is 15.4 Å². The van der Waals surface area contributed by atoms with Gasteiger partial charge in [-0.2, -0.15) is 0 Å². The summed E-state index contributed by atoms with van der Waals surface area (Å²) in [6.07, 6.45) is 0.733. The fraction of sp³-hybridized carbons (Fsp3) is 0.300. The summed E-state index contributed by atoms with van der Waals surface area (Å²) in [7, 11) is 0. The lowest BCUT2D eigenvalue weighted by atomic mass is 10.3. The molecule has 74 valence electrons. The van der Waals surface area contributed by atoms with Crippen molar-refractivity contribution in [3.63, 3.8) is 0 Å². The van der Waals surface area contributed by atoms with Gasteiger partial charge in [0.2, 0.25) is 5.95 Å². The molecule has 1 heterocycles. The van der Waals surface area contributed by atoms with Gasteiger partial charge in [0.15, 0.2) is 0 Å². The Morgan fingerprint density at radius 1 is 1.36 bits per heavy atom. The zero-order valence-electron chi connectivity index (χ0n) is 7.83. The molecule has 3 N–H and O–H groups in total. The molecule has 4 nitrogen and oxygen atoms in total. The zero-order chi connectivity index (χ0) is 9.80. The van der Waals surface area contributed by atoms with Crippen molar-refractivity contribution in [2.24, 2.45) is 0 Å². The van der Waals surface area contributed by atoms with E-state index in [-0.39, 0.29) is 6.61 Å². The highest BCUT2D eigenvalue weighted by Crippen LogP contribution is 2.12. The molecule has 0 bridgehead atoms. The van der Waals surface area contributed by atoms with Gasteiger partial charge in [-0.25, -0.2) is 4.98 Å². The quantitative estimate of drug-likeness (QED) is 0.639. The number of nitrogens with one attached hydrogen (secondary N) is 2. The van der Waals surface area contributed by atoms with Crippen molar-refractivity contribution in [3.05, 3.63) is 24.3 Å². The number of rotatable bonds is 4. The highest BCUT2D eigenvalue weighted by atomic mass is 16.3. The molecule has 0 aliphatic rings. The van der Waals surface area contributed by atoms with E-state index in [1.165, 1.54) is 0 Å². The first-order valence-electron chi connectivity index (χ1n) is 4.69. The van der Waals surface area contributed by atoms with Crippen molar-refractivity contribution in [3.8, 4) is 0 Å². The normalized spacial score (nSPS) is 10.6. The summed E-state index contributed by atoms with van der Waals surface area (Å²) >= 11 is 0. The topological polar surface area (TPSA) is 60.9 Å². The molecule has 1 aromatic carbocycles. The molecule has 0 radical (unpaired) electrons. The first-order chi connectivity index (χ1) is 6.90. The highest BCUT2D eigenvalue weighted by molar-refractivity contribution is 5.77. The molecule has 2 aromatic rings. The summed E-state index contributed by atoms with van der Waals surface area (Å²) in [6, 6.07) is 7.88. The zero-order valence-corrected chi connectivity index (χ0v) is 7.83. The third kappa shape index (κ3) is 1.85. The van der Waals surface area contributed by atoms with Crippen LogP contribution in [0.4, 0.5) is 5.95 Å². The van der Waals surface area contributed by atoms with Crippen LogP contribution in [0.2, 0.25) is 0 Å². The molecular weight excluding hydrogens is 178 g/mol. The number of aliphatic hydroxyl groups is 1. The van der Waals surface area contributed by atoms with Gasteiger partial charge in [0.05, 0.1) is 11.0 Å². The average Bonchev–Trinajstić information content (AvgIpc) is 2.60. The number of aromatic amines is 1. The second kappa shape index (κ2) is 4.11. The summed E-state index contributed by atoms with van der Waals surface area (Å²) in [5.41, 5.74) is 1.98. The van der Waals surface area contributed by atoms with Crippen LogP contribution in [0.1, 0.15) is 6.42 Å². The summed E-state index contributed by atoms with van der Waals surface area (Å²) in [5.74, 6) is 0.764. The van der Waals surface area contributed by atoms with Gasteiger partial charge in [-0.05, 0) is 18.6 Å². The van der Waals surface area contributed by atoms with Gasteiger partial charge in [-0.1, -0.05) is 12.1 Å². The van der Waals surface area contributed by atoms with E-state index in [1.54, 1.807) is 0 Å². The molecule has 0 saturated carbocycles. The number of nitrogens with zero attached hydrogens (tertiary/aromatic N) is 1. The molecule has 0 aliphatic heterocycles. The fourth-order valence-corrected chi connectivity index (χ4v) is 1.32. The minimum absolute atomic E-state index is 0.202.